The van der Waals surface area contributed by atoms with E-state index in [-0.39, 0.29) is 5.84 Å². The van der Waals surface area contributed by atoms with E-state index >= 15 is 0 Å². The molecule has 21 heavy (non-hydrogen) atoms. The molecular weight excluding hydrogens is 288 g/mol. The minimum atomic E-state index is 0.0513. The van der Waals surface area contributed by atoms with Crippen LogP contribution in [-0.2, 0) is 13.0 Å². The van der Waals surface area contributed by atoms with Gasteiger partial charge in [0.1, 0.15) is 10.9 Å². The number of hydrogen-bond donors (Lipinski definition) is 2. The molecule has 8 heteroatoms. The molecule has 0 aromatic carbocycles. The Labute approximate surface area is 126 Å². The maximum absolute atomic E-state index is 8.63. The number of nitrogens with zero attached hydrogens (tertiary/aromatic N) is 5. The van der Waals surface area contributed by atoms with Crippen molar-refractivity contribution in [3.05, 3.63) is 29.7 Å². The van der Waals surface area contributed by atoms with Crippen LogP contribution in [0, 0.1) is 0 Å². The first kappa shape index (κ1) is 13.9. The van der Waals surface area contributed by atoms with Crippen molar-refractivity contribution in [3.8, 4) is 0 Å². The Balaban J connectivity index is 1.79. The Morgan fingerprint density at radius 2 is 2.19 bits per heavy atom. The van der Waals surface area contributed by atoms with Crippen LogP contribution in [0.4, 0.5) is 0 Å². The van der Waals surface area contributed by atoms with Crippen molar-refractivity contribution in [2.75, 3.05) is 0 Å². The minimum Gasteiger partial charge on any atom is -0.409 e. The molecule has 0 spiro atoms. The quantitative estimate of drug-likeness (QED) is 0.387. The number of oxime groups is 1. The molecular formula is C13H16N6OS. The van der Waals surface area contributed by atoms with E-state index in [4.69, 9.17) is 10.9 Å². The average Bonchev–Trinajstić information content (AvgIpc) is 2.75. The molecule has 0 atom stereocenters. The number of hydrogen-bond acceptors (Lipinski definition) is 6. The third-order valence-electron chi connectivity index (χ3n) is 3.41. The maximum Gasteiger partial charge on any atom is 0.197 e. The van der Waals surface area contributed by atoms with Crippen molar-refractivity contribution < 1.29 is 5.21 Å². The lowest BCUT2D eigenvalue weighted by molar-refractivity contribution is 0.318. The van der Waals surface area contributed by atoms with Gasteiger partial charge in [-0.1, -0.05) is 11.6 Å². The Kier molecular flexibility index (Phi) is 4.05. The van der Waals surface area contributed by atoms with Crippen molar-refractivity contribution >= 4 is 17.6 Å². The SMILES string of the molecule is N/C(=N\O)c1ccc(Sc2nnc3n2CCCCC3)nc1. The van der Waals surface area contributed by atoms with Gasteiger partial charge in [0.2, 0.25) is 0 Å². The summed E-state index contributed by atoms with van der Waals surface area (Å²) < 4.78 is 2.18. The van der Waals surface area contributed by atoms with E-state index in [0.29, 0.717) is 5.56 Å². The highest BCUT2D eigenvalue weighted by Crippen LogP contribution is 2.27. The molecule has 1 aliphatic rings. The van der Waals surface area contributed by atoms with Gasteiger partial charge in [0.05, 0.1) is 0 Å². The second kappa shape index (κ2) is 6.13. The molecule has 0 aliphatic carbocycles. The van der Waals surface area contributed by atoms with E-state index < -0.39 is 0 Å². The first-order valence-electron chi connectivity index (χ1n) is 6.82. The third-order valence-corrected chi connectivity index (χ3v) is 4.35. The summed E-state index contributed by atoms with van der Waals surface area (Å²) in [5, 5.41) is 21.8. The molecule has 2 aromatic rings. The van der Waals surface area contributed by atoms with E-state index in [2.05, 4.69) is 24.9 Å². The lowest BCUT2D eigenvalue weighted by Gasteiger charge is -2.06. The van der Waals surface area contributed by atoms with Gasteiger partial charge in [-0.15, -0.1) is 10.2 Å². The predicted octanol–water partition coefficient (Wildman–Crippen LogP) is 1.65. The summed E-state index contributed by atoms with van der Waals surface area (Å²) in [5.41, 5.74) is 6.10. The fourth-order valence-corrected chi connectivity index (χ4v) is 3.09. The van der Waals surface area contributed by atoms with E-state index in [1.54, 1.807) is 12.3 Å². The number of pyridine rings is 1. The van der Waals surface area contributed by atoms with E-state index in [9.17, 15) is 0 Å². The first-order chi connectivity index (χ1) is 10.3. The lowest BCUT2D eigenvalue weighted by Crippen LogP contribution is -2.13. The van der Waals surface area contributed by atoms with Crippen molar-refractivity contribution in [2.24, 2.45) is 10.9 Å². The van der Waals surface area contributed by atoms with Gasteiger partial charge in [-0.2, -0.15) is 0 Å². The Morgan fingerprint density at radius 3 is 2.95 bits per heavy atom. The summed E-state index contributed by atoms with van der Waals surface area (Å²) in [5.74, 6) is 1.11. The molecule has 0 radical (unpaired) electrons. The third kappa shape index (κ3) is 2.99. The van der Waals surface area contributed by atoms with E-state index in [0.717, 1.165) is 35.4 Å². The molecule has 0 bridgehead atoms. The second-order valence-electron chi connectivity index (χ2n) is 4.83. The summed E-state index contributed by atoms with van der Waals surface area (Å²) in [7, 11) is 0. The topological polar surface area (TPSA) is 102 Å². The Hall–Kier alpha value is -2.09. The van der Waals surface area contributed by atoms with Crippen LogP contribution in [0.3, 0.4) is 0 Å². The van der Waals surface area contributed by atoms with Gasteiger partial charge in [0, 0.05) is 24.7 Å². The molecule has 110 valence electrons. The molecule has 0 saturated heterocycles. The molecule has 7 nitrogen and oxygen atoms in total. The fraction of sp³-hybridized carbons (Fsp3) is 0.385. The smallest absolute Gasteiger partial charge is 0.197 e. The predicted molar refractivity (Wildman–Crippen MR) is 78.4 cm³/mol. The van der Waals surface area contributed by atoms with Crippen LogP contribution in [0.2, 0.25) is 0 Å². The molecule has 2 aromatic heterocycles. The van der Waals surface area contributed by atoms with Crippen molar-refractivity contribution in [2.45, 2.75) is 42.4 Å². The van der Waals surface area contributed by atoms with Crippen LogP contribution < -0.4 is 5.73 Å². The summed E-state index contributed by atoms with van der Waals surface area (Å²) in [4.78, 5) is 4.30. The number of amidine groups is 1. The highest BCUT2D eigenvalue weighted by Gasteiger charge is 2.16. The Morgan fingerprint density at radius 1 is 1.29 bits per heavy atom. The van der Waals surface area contributed by atoms with Gasteiger partial charge in [-0.3, -0.25) is 0 Å². The maximum atomic E-state index is 8.63. The monoisotopic (exact) mass is 304 g/mol. The van der Waals surface area contributed by atoms with Crippen molar-refractivity contribution in [3.63, 3.8) is 0 Å². The van der Waals surface area contributed by atoms with Gasteiger partial charge in [-0.05, 0) is 36.7 Å². The van der Waals surface area contributed by atoms with Crippen LogP contribution in [0.5, 0.6) is 0 Å². The van der Waals surface area contributed by atoms with Gasteiger partial charge in [-0.25, -0.2) is 4.98 Å². The van der Waals surface area contributed by atoms with Gasteiger partial charge < -0.3 is 15.5 Å². The van der Waals surface area contributed by atoms with Gasteiger partial charge >= 0.3 is 0 Å². The van der Waals surface area contributed by atoms with Gasteiger partial charge in [0.25, 0.3) is 0 Å². The number of fused-ring (bicyclic) bond motifs is 1. The van der Waals surface area contributed by atoms with Crippen molar-refractivity contribution in [1.82, 2.24) is 19.7 Å². The van der Waals surface area contributed by atoms with Crippen LogP contribution in [0.1, 0.15) is 30.7 Å². The van der Waals surface area contributed by atoms with E-state index in [1.807, 2.05) is 6.07 Å². The van der Waals surface area contributed by atoms with E-state index in [1.165, 1.54) is 24.6 Å². The van der Waals surface area contributed by atoms with Crippen LogP contribution in [0.25, 0.3) is 0 Å². The summed E-state index contributed by atoms with van der Waals surface area (Å²) >= 11 is 1.48. The Bertz CT molecular complexity index is 651. The van der Waals surface area contributed by atoms with Crippen LogP contribution in [-0.4, -0.2) is 30.8 Å². The molecule has 3 N–H and O–H groups in total. The molecule has 0 amide bonds. The summed E-state index contributed by atoms with van der Waals surface area (Å²) in [6, 6.07) is 3.60. The minimum absolute atomic E-state index is 0.0513. The number of aromatic nitrogens is 4. The lowest BCUT2D eigenvalue weighted by atomic mass is 10.2. The normalized spacial score (nSPS) is 15.5. The zero-order chi connectivity index (χ0) is 14.7. The highest BCUT2D eigenvalue weighted by molar-refractivity contribution is 7.99. The second-order valence-corrected chi connectivity index (χ2v) is 5.82. The number of nitrogens with two attached hydrogens (primary N) is 1. The standard InChI is InChI=1S/C13H16N6OS/c14-12(18-20)9-5-6-11(15-8-9)21-13-17-16-10-4-2-1-3-7-19(10)13/h5-6,8,20H,1-4,7H2,(H2,14,18). The molecule has 0 saturated carbocycles. The number of rotatable bonds is 3. The summed E-state index contributed by atoms with van der Waals surface area (Å²) in [6.45, 7) is 0.965. The van der Waals surface area contributed by atoms with Gasteiger partial charge in [0.15, 0.2) is 11.0 Å². The molecule has 1 aliphatic heterocycles. The zero-order valence-corrected chi connectivity index (χ0v) is 12.3. The highest BCUT2D eigenvalue weighted by atomic mass is 32.2. The zero-order valence-electron chi connectivity index (χ0n) is 11.4. The number of aryl methyl sites for hydroxylation is 1. The largest absolute Gasteiger partial charge is 0.409 e. The van der Waals surface area contributed by atoms with Crippen LogP contribution in [0.15, 0.2) is 33.7 Å². The summed E-state index contributed by atoms with van der Waals surface area (Å²) in [6.07, 6.45) is 6.14. The molecule has 3 rings (SSSR count). The van der Waals surface area contributed by atoms with Crippen LogP contribution >= 0.6 is 11.8 Å². The average molecular weight is 304 g/mol. The molecule has 3 heterocycles. The molecule has 0 unspecified atom stereocenters. The fourth-order valence-electron chi connectivity index (χ4n) is 2.28. The van der Waals surface area contributed by atoms with Crippen molar-refractivity contribution in [1.29, 1.82) is 0 Å². The molecule has 0 fully saturated rings. The first-order valence-corrected chi connectivity index (χ1v) is 7.63.